The predicted octanol–water partition coefficient (Wildman–Crippen LogP) is 1.76. The van der Waals surface area contributed by atoms with E-state index in [0.29, 0.717) is 31.7 Å². The minimum absolute atomic E-state index is 0.0495. The Morgan fingerprint density at radius 1 is 1.19 bits per heavy atom. The third-order valence-electron chi connectivity index (χ3n) is 5.11. The third-order valence-corrected chi connectivity index (χ3v) is 5.11. The normalized spacial score (nSPS) is 17.3. The summed E-state index contributed by atoms with van der Waals surface area (Å²) in [5, 5.41) is 0. The van der Waals surface area contributed by atoms with Crippen molar-refractivity contribution in [3.63, 3.8) is 0 Å². The van der Waals surface area contributed by atoms with Crippen LogP contribution < -0.4 is 0 Å². The fourth-order valence-electron chi connectivity index (χ4n) is 3.70. The molecule has 4 heterocycles. The van der Waals surface area contributed by atoms with E-state index in [9.17, 15) is 9.59 Å². The molecule has 0 spiro atoms. The van der Waals surface area contributed by atoms with Crippen LogP contribution in [0.5, 0.6) is 0 Å². The van der Waals surface area contributed by atoms with Gasteiger partial charge in [0, 0.05) is 31.7 Å². The lowest BCUT2D eigenvalue weighted by Gasteiger charge is -2.21. The number of fused-ring (bicyclic) bond motifs is 1. The van der Waals surface area contributed by atoms with E-state index in [4.69, 9.17) is 0 Å². The van der Waals surface area contributed by atoms with Gasteiger partial charge >= 0.3 is 0 Å². The van der Waals surface area contributed by atoms with Crippen LogP contribution in [0.25, 0.3) is 0 Å². The van der Waals surface area contributed by atoms with Crippen LogP contribution in [0.15, 0.2) is 24.5 Å². The lowest BCUT2D eigenvalue weighted by Crippen LogP contribution is -2.32. The monoisotopic (exact) mass is 353 g/mol. The average Bonchev–Trinajstić information content (AvgIpc) is 3.13. The first-order valence-electron chi connectivity index (χ1n) is 9.15. The number of imidazole rings is 1. The Kier molecular flexibility index (Phi) is 4.44. The second kappa shape index (κ2) is 6.90. The molecule has 2 aromatic rings. The van der Waals surface area contributed by atoms with Gasteiger partial charge < -0.3 is 14.4 Å². The van der Waals surface area contributed by atoms with Gasteiger partial charge in [0.05, 0.1) is 30.8 Å². The number of carbonyl (C=O) groups is 2. The van der Waals surface area contributed by atoms with Crippen molar-refractivity contribution < 1.29 is 9.59 Å². The molecule has 7 nitrogen and oxygen atoms in total. The van der Waals surface area contributed by atoms with Crippen molar-refractivity contribution in [1.29, 1.82) is 0 Å². The van der Waals surface area contributed by atoms with E-state index < -0.39 is 0 Å². The van der Waals surface area contributed by atoms with Gasteiger partial charge in [-0.1, -0.05) is 6.07 Å². The summed E-state index contributed by atoms with van der Waals surface area (Å²) in [5.41, 5.74) is 3.25. The first-order chi connectivity index (χ1) is 12.6. The molecular formula is C19H23N5O2. The molecule has 7 heteroatoms. The van der Waals surface area contributed by atoms with Gasteiger partial charge in [0.25, 0.3) is 5.91 Å². The van der Waals surface area contributed by atoms with E-state index in [0.717, 1.165) is 43.0 Å². The van der Waals surface area contributed by atoms with Gasteiger partial charge in [0.2, 0.25) is 5.91 Å². The molecule has 0 atom stereocenters. The molecule has 26 heavy (non-hydrogen) atoms. The van der Waals surface area contributed by atoms with E-state index in [1.807, 2.05) is 35.2 Å². The molecule has 0 N–H and O–H groups in total. The van der Waals surface area contributed by atoms with Crippen molar-refractivity contribution in [2.45, 2.75) is 45.8 Å². The zero-order valence-corrected chi connectivity index (χ0v) is 15.0. The molecule has 136 valence electrons. The van der Waals surface area contributed by atoms with Gasteiger partial charge in [0.15, 0.2) is 0 Å². The van der Waals surface area contributed by atoms with E-state index in [2.05, 4.69) is 14.5 Å². The van der Waals surface area contributed by atoms with Crippen LogP contribution >= 0.6 is 0 Å². The number of aromatic nitrogens is 3. The van der Waals surface area contributed by atoms with Gasteiger partial charge in [0.1, 0.15) is 5.69 Å². The molecule has 1 saturated heterocycles. The number of nitrogens with zero attached hydrogens (tertiary/aromatic N) is 5. The van der Waals surface area contributed by atoms with Crippen molar-refractivity contribution >= 4 is 11.8 Å². The summed E-state index contributed by atoms with van der Waals surface area (Å²) < 4.78 is 2.12. The minimum atomic E-state index is -0.0495. The molecule has 4 rings (SSSR count). The highest BCUT2D eigenvalue weighted by atomic mass is 16.2. The van der Waals surface area contributed by atoms with Gasteiger partial charge in [-0.2, -0.15) is 0 Å². The fourth-order valence-corrected chi connectivity index (χ4v) is 3.70. The van der Waals surface area contributed by atoms with Gasteiger partial charge in [-0.3, -0.25) is 9.59 Å². The van der Waals surface area contributed by atoms with Gasteiger partial charge in [-0.05, 0) is 31.9 Å². The number of rotatable bonds is 3. The second-order valence-corrected chi connectivity index (χ2v) is 6.99. The molecule has 2 aliphatic heterocycles. The van der Waals surface area contributed by atoms with Gasteiger partial charge in [-0.15, -0.1) is 0 Å². The Bertz CT molecular complexity index is 844. The Morgan fingerprint density at radius 2 is 2.08 bits per heavy atom. The van der Waals surface area contributed by atoms with E-state index >= 15 is 0 Å². The van der Waals surface area contributed by atoms with Crippen LogP contribution in [0.4, 0.5) is 0 Å². The zero-order valence-electron chi connectivity index (χ0n) is 15.0. The Hall–Kier alpha value is -2.70. The van der Waals surface area contributed by atoms with Crippen LogP contribution in [0.2, 0.25) is 0 Å². The summed E-state index contributed by atoms with van der Waals surface area (Å²) in [4.78, 5) is 37.5. The highest BCUT2D eigenvalue weighted by molar-refractivity contribution is 5.92. The molecule has 2 aromatic heterocycles. The number of hydrogen-bond acceptors (Lipinski definition) is 4. The Morgan fingerprint density at radius 3 is 2.85 bits per heavy atom. The van der Waals surface area contributed by atoms with Crippen molar-refractivity contribution in [3.05, 3.63) is 47.3 Å². The molecule has 1 fully saturated rings. The maximum absolute atomic E-state index is 12.9. The summed E-state index contributed by atoms with van der Waals surface area (Å²) in [6.45, 7) is 5.25. The summed E-state index contributed by atoms with van der Waals surface area (Å²) in [7, 11) is 0. The maximum Gasteiger partial charge on any atom is 0.272 e. The number of amides is 2. The first kappa shape index (κ1) is 16.8. The minimum Gasteiger partial charge on any atom is -0.337 e. The van der Waals surface area contributed by atoms with E-state index in [-0.39, 0.29) is 11.8 Å². The number of carbonyl (C=O) groups excluding carboxylic acids is 2. The lowest BCUT2D eigenvalue weighted by molar-refractivity contribution is -0.128. The van der Waals surface area contributed by atoms with Crippen LogP contribution in [0, 0.1) is 6.92 Å². The van der Waals surface area contributed by atoms with Crippen molar-refractivity contribution in [3.8, 4) is 0 Å². The number of aryl methyl sites for hydroxylation is 2. The summed E-state index contributed by atoms with van der Waals surface area (Å²) in [5.74, 6) is 0.142. The van der Waals surface area contributed by atoms with Crippen LogP contribution in [-0.4, -0.2) is 49.2 Å². The lowest BCUT2D eigenvalue weighted by atomic mass is 10.2. The topological polar surface area (TPSA) is 71.3 Å². The van der Waals surface area contributed by atoms with Crippen LogP contribution in [-0.2, 0) is 24.4 Å². The second-order valence-electron chi connectivity index (χ2n) is 6.99. The van der Waals surface area contributed by atoms with E-state index in [1.165, 1.54) is 0 Å². The first-order valence-corrected chi connectivity index (χ1v) is 9.15. The molecule has 2 amide bonds. The molecule has 0 radical (unpaired) electrons. The van der Waals surface area contributed by atoms with Crippen molar-refractivity contribution in [2.24, 2.45) is 0 Å². The molecule has 2 aliphatic rings. The summed E-state index contributed by atoms with van der Waals surface area (Å²) in [6, 6.07) is 5.52. The molecule has 0 unspecified atom stereocenters. The Balaban J connectivity index is 1.56. The number of pyridine rings is 1. The molecule has 0 bridgehead atoms. The summed E-state index contributed by atoms with van der Waals surface area (Å²) in [6.07, 6.45) is 4.26. The third kappa shape index (κ3) is 3.21. The number of likely N-dealkylation sites (tertiary alicyclic amines) is 1. The van der Waals surface area contributed by atoms with Crippen LogP contribution in [0.1, 0.15) is 46.8 Å². The molecule has 0 aliphatic carbocycles. The largest absolute Gasteiger partial charge is 0.337 e. The van der Waals surface area contributed by atoms with Crippen molar-refractivity contribution in [2.75, 3.05) is 13.1 Å². The predicted molar refractivity (Wildman–Crippen MR) is 95.2 cm³/mol. The fraction of sp³-hybridized carbons (Fsp3) is 0.474. The standard InChI is InChI=1S/C19H23N5O2/c1-14-5-2-6-15(21-14)19(26)23-9-4-10-24-13-20-16(17(24)12-23)11-22-8-3-7-18(22)25/h2,5-6,13H,3-4,7-12H2,1H3. The van der Waals surface area contributed by atoms with Gasteiger partial charge in [-0.25, -0.2) is 9.97 Å². The Labute approximate surface area is 152 Å². The SMILES string of the molecule is Cc1cccc(C(=O)N2CCCn3cnc(CN4CCCC4=O)c3C2)n1. The number of hydrogen-bond donors (Lipinski definition) is 0. The quantitative estimate of drug-likeness (QED) is 0.843. The van der Waals surface area contributed by atoms with Crippen LogP contribution in [0.3, 0.4) is 0 Å². The van der Waals surface area contributed by atoms with Crippen molar-refractivity contribution in [1.82, 2.24) is 24.3 Å². The highest BCUT2D eigenvalue weighted by Crippen LogP contribution is 2.21. The van der Waals surface area contributed by atoms with E-state index in [1.54, 1.807) is 6.07 Å². The zero-order chi connectivity index (χ0) is 18.1. The maximum atomic E-state index is 12.9. The smallest absolute Gasteiger partial charge is 0.272 e. The average molecular weight is 353 g/mol. The molecule has 0 saturated carbocycles. The molecular weight excluding hydrogens is 330 g/mol. The summed E-state index contributed by atoms with van der Waals surface area (Å²) >= 11 is 0. The molecule has 0 aromatic carbocycles. The highest BCUT2D eigenvalue weighted by Gasteiger charge is 2.27.